The van der Waals surface area contributed by atoms with Gasteiger partial charge in [0.15, 0.2) is 0 Å². The van der Waals surface area contributed by atoms with Gasteiger partial charge in [0, 0.05) is 17.7 Å². The molecule has 3 aromatic rings. The number of ether oxygens (including phenoxy) is 1. The number of nitrogens with one attached hydrogen (secondary N) is 2. The van der Waals surface area contributed by atoms with Crippen molar-refractivity contribution in [1.29, 1.82) is 0 Å². The maximum atomic E-state index is 13.9. The molecule has 30 heavy (non-hydrogen) atoms. The van der Waals surface area contributed by atoms with Crippen molar-refractivity contribution in [3.8, 4) is 5.75 Å². The average Bonchev–Trinajstić information content (AvgIpc) is 2.76. The summed E-state index contributed by atoms with van der Waals surface area (Å²) in [7, 11) is 1.60. The molecule has 0 aromatic heterocycles. The van der Waals surface area contributed by atoms with E-state index in [4.69, 9.17) is 4.74 Å². The summed E-state index contributed by atoms with van der Waals surface area (Å²) in [6, 6.07) is 19.7. The molecule has 0 radical (unpaired) electrons. The molecular weight excluding hydrogens is 386 g/mol. The van der Waals surface area contributed by atoms with E-state index in [0.29, 0.717) is 5.56 Å². The van der Waals surface area contributed by atoms with Gasteiger partial charge in [0.25, 0.3) is 0 Å². The lowest BCUT2D eigenvalue weighted by Gasteiger charge is -2.21. The maximum Gasteiger partial charge on any atom is 0.234 e. The van der Waals surface area contributed by atoms with Crippen LogP contribution in [0.25, 0.3) is 0 Å². The van der Waals surface area contributed by atoms with E-state index in [2.05, 4.69) is 10.6 Å². The minimum Gasteiger partial charge on any atom is -0.497 e. The van der Waals surface area contributed by atoms with Crippen molar-refractivity contribution in [3.63, 3.8) is 0 Å². The van der Waals surface area contributed by atoms with Crippen molar-refractivity contribution < 1.29 is 18.3 Å². The summed E-state index contributed by atoms with van der Waals surface area (Å²) in [6.07, 6.45) is 0. The van der Waals surface area contributed by atoms with Crippen LogP contribution in [-0.4, -0.2) is 19.6 Å². The maximum absolute atomic E-state index is 13.9. The highest BCUT2D eigenvalue weighted by molar-refractivity contribution is 5.79. The van der Waals surface area contributed by atoms with Crippen molar-refractivity contribution >= 4 is 5.91 Å². The molecule has 2 N–H and O–H groups in total. The normalized spacial score (nSPS) is 12.8. The highest BCUT2D eigenvalue weighted by Crippen LogP contribution is 2.24. The van der Waals surface area contributed by atoms with Gasteiger partial charge in [-0.25, -0.2) is 8.78 Å². The van der Waals surface area contributed by atoms with E-state index in [-0.39, 0.29) is 18.5 Å². The van der Waals surface area contributed by atoms with Crippen LogP contribution in [0.1, 0.15) is 35.7 Å². The molecule has 0 fully saturated rings. The zero-order chi connectivity index (χ0) is 21.5. The number of carbonyl (C=O) groups is 1. The van der Waals surface area contributed by atoms with Crippen molar-refractivity contribution in [1.82, 2.24) is 10.6 Å². The molecular formula is C24H24F2N2O2. The molecule has 0 unspecified atom stereocenters. The second kappa shape index (κ2) is 9.98. The fourth-order valence-electron chi connectivity index (χ4n) is 3.22. The molecule has 0 aliphatic carbocycles. The number of methoxy groups -OCH3 is 1. The van der Waals surface area contributed by atoms with Gasteiger partial charge >= 0.3 is 0 Å². The largest absolute Gasteiger partial charge is 0.497 e. The Morgan fingerprint density at radius 1 is 0.967 bits per heavy atom. The van der Waals surface area contributed by atoms with Crippen LogP contribution in [0.4, 0.5) is 8.78 Å². The van der Waals surface area contributed by atoms with E-state index in [1.54, 1.807) is 14.0 Å². The van der Waals surface area contributed by atoms with Crippen LogP contribution in [0.2, 0.25) is 0 Å². The van der Waals surface area contributed by atoms with Gasteiger partial charge in [0.05, 0.1) is 19.7 Å². The molecule has 3 rings (SSSR count). The zero-order valence-corrected chi connectivity index (χ0v) is 16.9. The monoisotopic (exact) mass is 410 g/mol. The Balaban J connectivity index is 1.70. The first-order chi connectivity index (χ1) is 14.5. The number of rotatable bonds is 8. The summed E-state index contributed by atoms with van der Waals surface area (Å²) >= 11 is 0. The smallest absolute Gasteiger partial charge is 0.234 e. The Kier molecular flexibility index (Phi) is 7.14. The van der Waals surface area contributed by atoms with E-state index in [1.165, 1.54) is 12.1 Å². The summed E-state index contributed by atoms with van der Waals surface area (Å²) < 4.78 is 32.3. The number of amides is 1. The van der Waals surface area contributed by atoms with E-state index >= 15 is 0 Å². The number of halogens is 2. The quantitative estimate of drug-likeness (QED) is 0.574. The fraction of sp³-hybridized carbons (Fsp3) is 0.208. The van der Waals surface area contributed by atoms with E-state index < -0.39 is 17.7 Å². The fourth-order valence-corrected chi connectivity index (χ4v) is 3.22. The van der Waals surface area contributed by atoms with Gasteiger partial charge in [-0.05, 0) is 36.2 Å². The van der Waals surface area contributed by atoms with Crippen LogP contribution < -0.4 is 15.4 Å². The summed E-state index contributed by atoms with van der Waals surface area (Å²) in [5, 5.41) is 6.01. The Labute approximate surface area is 174 Å². The van der Waals surface area contributed by atoms with Gasteiger partial charge in [0.1, 0.15) is 17.4 Å². The van der Waals surface area contributed by atoms with Crippen LogP contribution in [0.15, 0.2) is 72.8 Å². The first-order valence-corrected chi connectivity index (χ1v) is 9.64. The molecule has 0 bridgehead atoms. The Morgan fingerprint density at radius 3 is 2.27 bits per heavy atom. The third-order valence-electron chi connectivity index (χ3n) is 4.89. The van der Waals surface area contributed by atoms with Crippen molar-refractivity contribution in [2.75, 3.05) is 13.7 Å². The second-order valence-corrected chi connectivity index (χ2v) is 6.95. The average molecular weight is 410 g/mol. The summed E-state index contributed by atoms with van der Waals surface area (Å²) in [5.41, 5.74) is 2.15. The molecule has 4 nitrogen and oxygen atoms in total. The van der Waals surface area contributed by atoms with Crippen LogP contribution in [0.5, 0.6) is 5.75 Å². The molecule has 1 amide bonds. The lowest BCUT2D eigenvalue weighted by atomic mass is 9.98. The molecule has 0 saturated carbocycles. The SMILES string of the molecule is COc1ccc([C@@H](NC(=O)CN[C@H](C)c2ccc(F)cc2F)c2ccccc2)cc1. The van der Waals surface area contributed by atoms with Gasteiger partial charge in [-0.2, -0.15) is 0 Å². The Morgan fingerprint density at radius 2 is 1.63 bits per heavy atom. The van der Waals surface area contributed by atoms with Crippen LogP contribution in [-0.2, 0) is 4.79 Å². The topological polar surface area (TPSA) is 50.4 Å². The second-order valence-electron chi connectivity index (χ2n) is 6.95. The number of benzene rings is 3. The number of hydrogen-bond acceptors (Lipinski definition) is 3. The molecule has 6 heteroatoms. The van der Waals surface area contributed by atoms with Crippen LogP contribution in [0.3, 0.4) is 0 Å². The van der Waals surface area contributed by atoms with Gasteiger partial charge in [-0.15, -0.1) is 0 Å². The molecule has 0 heterocycles. The molecule has 0 saturated heterocycles. The lowest BCUT2D eigenvalue weighted by Crippen LogP contribution is -2.37. The highest BCUT2D eigenvalue weighted by atomic mass is 19.1. The van der Waals surface area contributed by atoms with Crippen LogP contribution in [0, 0.1) is 11.6 Å². The van der Waals surface area contributed by atoms with Crippen molar-refractivity contribution in [2.45, 2.75) is 19.0 Å². The van der Waals surface area contributed by atoms with Gasteiger partial charge in [-0.3, -0.25) is 4.79 Å². The third-order valence-corrected chi connectivity index (χ3v) is 4.89. The predicted octanol–water partition coefficient (Wildman–Crippen LogP) is 4.53. The van der Waals surface area contributed by atoms with Gasteiger partial charge in [0.2, 0.25) is 5.91 Å². The third kappa shape index (κ3) is 5.42. The zero-order valence-electron chi connectivity index (χ0n) is 16.9. The van der Waals surface area contributed by atoms with Gasteiger partial charge in [-0.1, -0.05) is 48.5 Å². The summed E-state index contributed by atoms with van der Waals surface area (Å²) in [6.45, 7) is 1.71. The van der Waals surface area contributed by atoms with Crippen molar-refractivity contribution in [2.24, 2.45) is 0 Å². The highest BCUT2D eigenvalue weighted by Gasteiger charge is 2.18. The molecule has 0 aliphatic rings. The first kappa shape index (κ1) is 21.5. The van der Waals surface area contributed by atoms with Gasteiger partial charge < -0.3 is 15.4 Å². The van der Waals surface area contributed by atoms with E-state index in [1.807, 2.05) is 54.6 Å². The summed E-state index contributed by atoms with van der Waals surface area (Å²) in [5.74, 6) is -0.787. The molecule has 0 aliphatic heterocycles. The number of hydrogen-bond donors (Lipinski definition) is 2. The minimum absolute atomic E-state index is 0.0164. The summed E-state index contributed by atoms with van der Waals surface area (Å²) in [4.78, 5) is 12.6. The van der Waals surface area contributed by atoms with Crippen molar-refractivity contribution in [3.05, 3.63) is 101 Å². The molecule has 2 atom stereocenters. The van der Waals surface area contributed by atoms with Crippen LogP contribution >= 0.6 is 0 Å². The molecule has 156 valence electrons. The lowest BCUT2D eigenvalue weighted by molar-refractivity contribution is -0.120. The predicted molar refractivity (Wildman–Crippen MR) is 112 cm³/mol. The van der Waals surface area contributed by atoms with E-state index in [9.17, 15) is 13.6 Å². The Bertz CT molecular complexity index is 978. The minimum atomic E-state index is -0.643. The standard InChI is InChI=1S/C24H24F2N2O2/c1-16(21-13-10-19(25)14-22(21)26)27-15-23(29)28-24(17-6-4-3-5-7-17)18-8-11-20(30-2)12-9-18/h3-14,16,24,27H,15H2,1-2H3,(H,28,29)/t16-,24+/m1/s1. The Hall–Kier alpha value is -3.25. The molecule has 0 spiro atoms. The van der Waals surface area contributed by atoms with E-state index in [0.717, 1.165) is 22.9 Å². The first-order valence-electron chi connectivity index (χ1n) is 9.64. The number of carbonyl (C=O) groups excluding carboxylic acids is 1. The molecule has 3 aromatic carbocycles.